The van der Waals surface area contributed by atoms with E-state index in [0.717, 1.165) is 5.01 Å². The Bertz CT molecular complexity index is 790. The third-order valence-electron chi connectivity index (χ3n) is 2.77. The maximum Gasteiger partial charge on any atom is 0.186 e. The minimum atomic E-state index is -0.428. The van der Waals surface area contributed by atoms with E-state index >= 15 is 0 Å². The number of furan rings is 1. The molecular weight excluding hydrogens is 289 g/mol. The van der Waals surface area contributed by atoms with Crippen molar-refractivity contribution in [2.45, 2.75) is 0 Å². The number of allylic oxidation sites excluding steroid dienone is 1. The van der Waals surface area contributed by atoms with Crippen molar-refractivity contribution in [2.24, 2.45) is 0 Å². The number of thiazole rings is 1. The predicted molar refractivity (Wildman–Crippen MR) is 79.6 cm³/mol. The molecule has 0 amide bonds. The highest BCUT2D eigenvalue weighted by Crippen LogP contribution is 2.24. The lowest BCUT2D eigenvalue weighted by Gasteiger charge is -1.94. The quantitative estimate of drug-likeness (QED) is 0.528. The van der Waals surface area contributed by atoms with Gasteiger partial charge < -0.3 is 4.42 Å². The Morgan fingerprint density at radius 3 is 2.95 bits per heavy atom. The average Bonchev–Trinajstić information content (AvgIpc) is 3.15. The van der Waals surface area contributed by atoms with Crippen molar-refractivity contribution in [2.75, 3.05) is 0 Å². The number of ketones is 1. The average molecular weight is 299 g/mol. The molecule has 0 fully saturated rings. The minimum Gasteiger partial charge on any atom is -0.462 e. The zero-order valence-electron chi connectivity index (χ0n) is 10.8. The fourth-order valence-corrected chi connectivity index (χ4v) is 2.53. The van der Waals surface area contributed by atoms with Crippen molar-refractivity contribution >= 4 is 23.2 Å². The molecule has 0 saturated carbocycles. The second-order valence-corrected chi connectivity index (χ2v) is 5.12. The van der Waals surface area contributed by atoms with E-state index in [9.17, 15) is 9.18 Å². The molecule has 0 aliphatic carbocycles. The number of carbonyl (C=O) groups excluding carboxylic acids is 1. The van der Waals surface area contributed by atoms with Crippen molar-refractivity contribution < 1.29 is 13.6 Å². The fourth-order valence-electron chi connectivity index (χ4n) is 1.78. The van der Waals surface area contributed by atoms with E-state index in [2.05, 4.69) is 4.98 Å². The van der Waals surface area contributed by atoms with E-state index in [-0.39, 0.29) is 5.78 Å². The van der Waals surface area contributed by atoms with Gasteiger partial charge in [0.1, 0.15) is 5.82 Å². The summed E-state index contributed by atoms with van der Waals surface area (Å²) in [6.45, 7) is 0. The Morgan fingerprint density at radius 2 is 2.19 bits per heavy atom. The topological polar surface area (TPSA) is 43.1 Å². The van der Waals surface area contributed by atoms with Gasteiger partial charge in [-0.15, -0.1) is 11.3 Å². The molecule has 0 aliphatic rings. The smallest absolute Gasteiger partial charge is 0.186 e. The summed E-state index contributed by atoms with van der Waals surface area (Å²) in [5, 5.41) is 2.57. The highest BCUT2D eigenvalue weighted by molar-refractivity contribution is 7.13. The van der Waals surface area contributed by atoms with Crippen LogP contribution in [0, 0.1) is 5.82 Å². The van der Waals surface area contributed by atoms with Crippen molar-refractivity contribution in [3.8, 4) is 10.8 Å². The van der Waals surface area contributed by atoms with Crippen molar-refractivity contribution in [1.82, 2.24) is 4.98 Å². The van der Waals surface area contributed by atoms with Gasteiger partial charge in [0.15, 0.2) is 16.6 Å². The molecule has 0 atom stereocenters. The summed E-state index contributed by atoms with van der Waals surface area (Å²) < 4.78 is 18.3. The second-order valence-electron chi connectivity index (χ2n) is 4.26. The van der Waals surface area contributed by atoms with Crippen molar-refractivity contribution in [1.29, 1.82) is 0 Å². The molecule has 0 spiro atoms. The Hall–Kier alpha value is -2.53. The largest absolute Gasteiger partial charge is 0.462 e. The van der Waals surface area contributed by atoms with Crippen LogP contribution in [0.5, 0.6) is 0 Å². The van der Waals surface area contributed by atoms with Gasteiger partial charge in [0.2, 0.25) is 0 Å². The molecule has 2 heterocycles. The Morgan fingerprint density at radius 1 is 1.29 bits per heavy atom. The molecule has 0 bridgehead atoms. The van der Waals surface area contributed by atoms with E-state index in [1.165, 1.54) is 35.6 Å². The summed E-state index contributed by atoms with van der Waals surface area (Å²) in [6.07, 6.45) is 4.58. The molecule has 3 aromatic rings. The number of carbonyl (C=O) groups is 1. The summed E-state index contributed by atoms with van der Waals surface area (Å²) in [4.78, 5) is 16.3. The van der Waals surface area contributed by atoms with Crippen LogP contribution in [0.2, 0.25) is 0 Å². The summed E-state index contributed by atoms with van der Waals surface area (Å²) in [7, 11) is 0. The molecule has 0 aliphatic heterocycles. The van der Waals surface area contributed by atoms with E-state index in [0.29, 0.717) is 17.0 Å². The van der Waals surface area contributed by atoms with E-state index in [1.54, 1.807) is 24.5 Å². The van der Waals surface area contributed by atoms with Gasteiger partial charge in [-0.3, -0.25) is 4.79 Å². The first-order chi connectivity index (χ1) is 10.2. The minimum absolute atomic E-state index is 0.262. The van der Waals surface area contributed by atoms with Gasteiger partial charge in [0, 0.05) is 10.9 Å². The van der Waals surface area contributed by atoms with E-state index in [1.807, 2.05) is 11.4 Å². The molecule has 1 aromatic carbocycles. The maximum atomic E-state index is 13.1. The molecule has 104 valence electrons. The highest BCUT2D eigenvalue weighted by atomic mass is 32.1. The summed E-state index contributed by atoms with van der Waals surface area (Å²) in [6, 6.07) is 9.21. The maximum absolute atomic E-state index is 13.1. The van der Waals surface area contributed by atoms with Crippen molar-refractivity contribution in [3.63, 3.8) is 0 Å². The van der Waals surface area contributed by atoms with E-state index < -0.39 is 5.82 Å². The summed E-state index contributed by atoms with van der Waals surface area (Å²) in [5.41, 5.74) is 0.976. The number of rotatable bonds is 4. The van der Waals surface area contributed by atoms with Crippen LogP contribution in [-0.2, 0) is 0 Å². The molecule has 0 radical (unpaired) electrons. The molecule has 21 heavy (non-hydrogen) atoms. The van der Waals surface area contributed by atoms with Crippen LogP contribution < -0.4 is 0 Å². The van der Waals surface area contributed by atoms with Gasteiger partial charge in [-0.2, -0.15) is 0 Å². The Balaban J connectivity index is 1.76. The first-order valence-corrected chi connectivity index (χ1v) is 7.08. The molecule has 0 saturated heterocycles. The zero-order chi connectivity index (χ0) is 14.7. The molecule has 0 N–H and O–H groups in total. The summed E-state index contributed by atoms with van der Waals surface area (Å²) in [5.74, 6) is 0.00108. The zero-order valence-corrected chi connectivity index (χ0v) is 11.6. The molecule has 3 nitrogen and oxygen atoms in total. The number of hydrogen-bond acceptors (Lipinski definition) is 4. The first kappa shape index (κ1) is 13.5. The lowest BCUT2D eigenvalue weighted by Crippen LogP contribution is -1.94. The molecular formula is C16H10FNO2S. The molecule has 5 heteroatoms. The third-order valence-corrected chi connectivity index (χ3v) is 3.64. The molecule has 3 rings (SSSR count). The van der Waals surface area contributed by atoms with Gasteiger partial charge in [-0.25, -0.2) is 9.37 Å². The van der Waals surface area contributed by atoms with E-state index in [4.69, 9.17) is 4.42 Å². The fraction of sp³-hybridized carbons (Fsp3) is 0. The highest BCUT2D eigenvalue weighted by Gasteiger charge is 2.06. The van der Waals surface area contributed by atoms with Gasteiger partial charge in [0.05, 0.1) is 12.0 Å². The number of nitrogens with zero attached hydrogens (tertiary/aromatic N) is 1. The molecule has 0 unspecified atom stereocenters. The van der Waals surface area contributed by atoms with Crippen LogP contribution in [-0.4, -0.2) is 10.8 Å². The van der Waals surface area contributed by atoms with Crippen molar-refractivity contribution in [3.05, 3.63) is 71.2 Å². The Kier molecular flexibility index (Phi) is 3.75. The van der Waals surface area contributed by atoms with Crippen LogP contribution in [0.1, 0.15) is 16.1 Å². The standard InChI is InChI=1S/C16H10FNO2S/c17-12-4-1-3-11(9-12)14(19)7-6-13-10-21-16(18-13)15-5-2-8-20-15/h1-10H. The number of benzene rings is 1. The first-order valence-electron chi connectivity index (χ1n) is 6.20. The Labute approximate surface area is 124 Å². The molecule has 2 aromatic heterocycles. The predicted octanol–water partition coefficient (Wildman–Crippen LogP) is 4.44. The van der Waals surface area contributed by atoms with Gasteiger partial charge in [-0.05, 0) is 36.4 Å². The van der Waals surface area contributed by atoms with Crippen LogP contribution in [0.25, 0.3) is 16.8 Å². The monoisotopic (exact) mass is 299 g/mol. The van der Waals surface area contributed by atoms with Gasteiger partial charge in [0.25, 0.3) is 0 Å². The second kappa shape index (κ2) is 5.85. The van der Waals surface area contributed by atoms with Crippen LogP contribution in [0.15, 0.2) is 58.5 Å². The summed E-state index contributed by atoms with van der Waals surface area (Å²) >= 11 is 1.43. The normalized spacial score (nSPS) is 11.1. The number of aromatic nitrogens is 1. The SMILES string of the molecule is O=C(C=Cc1csc(-c2ccco2)n1)c1cccc(F)c1. The number of halogens is 1. The van der Waals surface area contributed by atoms with Gasteiger partial charge >= 0.3 is 0 Å². The third kappa shape index (κ3) is 3.14. The number of hydrogen-bond donors (Lipinski definition) is 0. The lowest BCUT2D eigenvalue weighted by atomic mass is 10.1. The van der Waals surface area contributed by atoms with Crippen LogP contribution in [0.4, 0.5) is 4.39 Å². The van der Waals surface area contributed by atoms with Crippen LogP contribution in [0.3, 0.4) is 0 Å². The lowest BCUT2D eigenvalue weighted by molar-refractivity contribution is 0.104. The van der Waals surface area contributed by atoms with Gasteiger partial charge in [-0.1, -0.05) is 12.1 Å². The van der Waals surface area contributed by atoms with Crippen LogP contribution >= 0.6 is 11.3 Å².